The third-order valence-electron chi connectivity index (χ3n) is 4.57. The zero-order chi connectivity index (χ0) is 20.8. The maximum Gasteiger partial charge on any atom is 0.306 e. The van der Waals surface area contributed by atoms with Gasteiger partial charge in [0.1, 0.15) is 5.82 Å². The lowest BCUT2D eigenvalue weighted by atomic mass is 10.1. The second kappa shape index (κ2) is 9.14. The summed E-state index contributed by atoms with van der Waals surface area (Å²) in [6.07, 6.45) is 1.02. The summed E-state index contributed by atoms with van der Waals surface area (Å²) in [6.45, 7) is 3.47. The minimum absolute atomic E-state index is 0.132. The highest BCUT2D eigenvalue weighted by atomic mass is 16.5. The first-order valence-electron chi connectivity index (χ1n) is 9.43. The fourth-order valence-electron chi connectivity index (χ4n) is 3.06. The first-order chi connectivity index (χ1) is 13.9. The van der Waals surface area contributed by atoms with Crippen LogP contribution in [0.3, 0.4) is 0 Å². The minimum atomic E-state index is -0.468. The van der Waals surface area contributed by atoms with E-state index in [1.54, 1.807) is 18.2 Å². The number of nitrogens with zero attached hydrogens (tertiary/aromatic N) is 1. The summed E-state index contributed by atoms with van der Waals surface area (Å²) in [7, 11) is 0. The Morgan fingerprint density at radius 2 is 1.79 bits per heavy atom. The SMILES string of the molecule is Cc1cccc(C)c1NC(=O)COC(=O)CCCc1nc2ccccc2c(=O)[nH]1. The Hall–Kier alpha value is -3.48. The largest absolute Gasteiger partial charge is 0.456 e. The number of aromatic amines is 1. The molecule has 0 aliphatic carbocycles. The molecule has 29 heavy (non-hydrogen) atoms. The molecule has 0 fully saturated rings. The number of aromatic nitrogens is 2. The summed E-state index contributed by atoms with van der Waals surface area (Å²) in [4.78, 5) is 43.1. The zero-order valence-corrected chi connectivity index (χ0v) is 16.5. The normalized spacial score (nSPS) is 10.7. The second-order valence-corrected chi connectivity index (χ2v) is 6.86. The highest BCUT2D eigenvalue weighted by Gasteiger charge is 2.11. The summed E-state index contributed by atoms with van der Waals surface area (Å²) < 4.78 is 5.04. The average molecular weight is 393 g/mol. The molecule has 150 valence electrons. The molecule has 0 aliphatic heterocycles. The quantitative estimate of drug-likeness (QED) is 0.601. The molecule has 3 rings (SSSR count). The lowest BCUT2D eigenvalue weighted by molar-refractivity contribution is -0.147. The van der Waals surface area contributed by atoms with Gasteiger partial charge >= 0.3 is 5.97 Å². The van der Waals surface area contributed by atoms with Gasteiger partial charge in [-0.15, -0.1) is 0 Å². The summed E-state index contributed by atoms with van der Waals surface area (Å²) >= 11 is 0. The van der Waals surface area contributed by atoms with Crippen LogP contribution in [0, 0.1) is 13.8 Å². The van der Waals surface area contributed by atoms with Crippen LogP contribution in [0.4, 0.5) is 5.69 Å². The van der Waals surface area contributed by atoms with Crippen molar-refractivity contribution in [2.24, 2.45) is 0 Å². The molecule has 1 aromatic heterocycles. The van der Waals surface area contributed by atoms with Crippen LogP contribution < -0.4 is 10.9 Å². The molecule has 0 saturated heterocycles. The number of ether oxygens (including phenoxy) is 1. The predicted octanol–water partition coefficient (Wildman–Crippen LogP) is 3.04. The van der Waals surface area contributed by atoms with Gasteiger partial charge < -0.3 is 15.0 Å². The maximum atomic E-state index is 12.0. The van der Waals surface area contributed by atoms with Crippen molar-refractivity contribution in [1.82, 2.24) is 9.97 Å². The van der Waals surface area contributed by atoms with E-state index in [-0.39, 0.29) is 24.5 Å². The number of para-hydroxylation sites is 2. The van der Waals surface area contributed by atoms with Gasteiger partial charge in [-0.2, -0.15) is 0 Å². The summed E-state index contributed by atoms with van der Waals surface area (Å²) in [5.41, 5.74) is 3.05. The summed E-state index contributed by atoms with van der Waals surface area (Å²) in [5.74, 6) is -0.324. The predicted molar refractivity (Wildman–Crippen MR) is 111 cm³/mol. The number of hydrogen-bond donors (Lipinski definition) is 2. The Kier molecular flexibility index (Phi) is 6.39. The Balaban J connectivity index is 1.46. The van der Waals surface area contributed by atoms with E-state index in [1.165, 1.54) is 0 Å². The van der Waals surface area contributed by atoms with Crippen molar-refractivity contribution in [3.05, 3.63) is 69.8 Å². The fourth-order valence-corrected chi connectivity index (χ4v) is 3.06. The Morgan fingerprint density at radius 3 is 2.55 bits per heavy atom. The van der Waals surface area contributed by atoms with Crippen LogP contribution in [-0.4, -0.2) is 28.5 Å². The van der Waals surface area contributed by atoms with Crippen LogP contribution in [0.25, 0.3) is 10.9 Å². The number of amides is 1. The third kappa shape index (κ3) is 5.28. The molecule has 0 saturated carbocycles. The van der Waals surface area contributed by atoms with Gasteiger partial charge in [0.05, 0.1) is 10.9 Å². The van der Waals surface area contributed by atoms with Gasteiger partial charge in [-0.05, 0) is 43.5 Å². The lowest BCUT2D eigenvalue weighted by Crippen LogP contribution is -2.21. The standard InChI is InChI=1S/C22H23N3O4/c1-14-7-5-8-15(2)21(14)25-19(26)13-29-20(27)12-6-11-18-23-17-10-4-3-9-16(17)22(28)24-18/h3-5,7-10H,6,11-13H2,1-2H3,(H,25,26)(H,23,24,28). The van der Waals surface area contributed by atoms with Crippen molar-refractivity contribution < 1.29 is 14.3 Å². The number of rotatable bonds is 7. The van der Waals surface area contributed by atoms with Crippen LogP contribution in [0.15, 0.2) is 47.3 Å². The number of aryl methyl sites for hydroxylation is 3. The highest BCUT2D eigenvalue weighted by Crippen LogP contribution is 2.19. The van der Waals surface area contributed by atoms with E-state index in [0.29, 0.717) is 29.6 Å². The van der Waals surface area contributed by atoms with Crippen LogP contribution in [0.2, 0.25) is 0 Å². The fraction of sp³-hybridized carbons (Fsp3) is 0.273. The average Bonchev–Trinajstić information content (AvgIpc) is 2.69. The molecule has 1 amide bonds. The Bertz CT molecular complexity index is 1080. The number of benzene rings is 2. The molecule has 0 bridgehead atoms. The van der Waals surface area contributed by atoms with E-state index in [1.807, 2.05) is 38.1 Å². The van der Waals surface area contributed by atoms with Crippen molar-refractivity contribution in [3.63, 3.8) is 0 Å². The maximum absolute atomic E-state index is 12.0. The van der Waals surface area contributed by atoms with Gasteiger partial charge in [0, 0.05) is 18.5 Å². The molecule has 3 aromatic rings. The Morgan fingerprint density at radius 1 is 1.07 bits per heavy atom. The number of nitrogens with one attached hydrogen (secondary N) is 2. The molecule has 0 atom stereocenters. The third-order valence-corrected chi connectivity index (χ3v) is 4.57. The second-order valence-electron chi connectivity index (χ2n) is 6.86. The van der Waals surface area contributed by atoms with Crippen molar-refractivity contribution in [1.29, 1.82) is 0 Å². The van der Waals surface area contributed by atoms with Crippen LogP contribution >= 0.6 is 0 Å². The number of carbonyl (C=O) groups is 2. The van der Waals surface area contributed by atoms with Gasteiger partial charge in [-0.3, -0.25) is 14.4 Å². The topological polar surface area (TPSA) is 101 Å². The van der Waals surface area contributed by atoms with Gasteiger partial charge in [0.2, 0.25) is 0 Å². The molecule has 0 unspecified atom stereocenters. The first kappa shape index (κ1) is 20.3. The molecule has 0 spiro atoms. The van der Waals surface area contributed by atoms with Gasteiger partial charge in [0.25, 0.3) is 11.5 Å². The molecule has 1 heterocycles. The van der Waals surface area contributed by atoms with E-state index in [4.69, 9.17) is 4.74 Å². The van der Waals surface area contributed by atoms with E-state index in [9.17, 15) is 14.4 Å². The van der Waals surface area contributed by atoms with Crippen molar-refractivity contribution in [3.8, 4) is 0 Å². The zero-order valence-electron chi connectivity index (χ0n) is 16.5. The monoisotopic (exact) mass is 393 g/mol. The number of anilines is 1. The smallest absolute Gasteiger partial charge is 0.306 e. The van der Waals surface area contributed by atoms with E-state index < -0.39 is 5.97 Å². The van der Waals surface area contributed by atoms with E-state index in [2.05, 4.69) is 15.3 Å². The molecule has 2 N–H and O–H groups in total. The molecule has 7 nitrogen and oxygen atoms in total. The molecule has 7 heteroatoms. The number of H-pyrrole nitrogens is 1. The molecule has 0 radical (unpaired) electrons. The van der Waals surface area contributed by atoms with Crippen LogP contribution in [0.1, 0.15) is 29.8 Å². The molecule has 2 aromatic carbocycles. The van der Waals surface area contributed by atoms with Gasteiger partial charge in [0.15, 0.2) is 6.61 Å². The molecular formula is C22H23N3O4. The van der Waals surface area contributed by atoms with Gasteiger partial charge in [-0.25, -0.2) is 4.98 Å². The summed E-state index contributed by atoms with van der Waals surface area (Å²) in [5, 5.41) is 3.31. The van der Waals surface area contributed by atoms with E-state index >= 15 is 0 Å². The van der Waals surface area contributed by atoms with Crippen LogP contribution in [0.5, 0.6) is 0 Å². The number of carbonyl (C=O) groups excluding carboxylic acids is 2. The van der Waals surface area contributed by atoms with Gasteiger partial charge in [-0.1, -0.05) is 30.3 Å². The minimum Gasteiger partial charge on any atom is -0.456 e. The summed E-state index contributed by atoms with van der Waals surface area (Å²) in [6, 6.07) is 12.8. The van der Waals surface area contributed by atoms with Crippen molar-refractivity contribution >= 4 is 28.5 Å². The highest BCUT2D eigenvalue weighted by molar-refractivity contribution is 5.94. The number of esters is 1. The van der Waals surface area contributed by atoms with Crippen molar-refractivity contribution in [2.45, 2.75) is 33.1 Å². The van der Waals surface area contributed by atoms with Crippen molar-refractivity contribution in [2.75, 3.05) is 11.9 Å². The van der Waals surface area contributed by atoms with E-state index in [0.717, 1.165) is 16.8 Å². The number of fused-ring (bicyclic) bond motifs is 1. The molecular weight excluding hydrogens is 370 g/mol. The lowest BCUT2D eigenvalue weighted by Gasteiger charge is -2.11. The number of hydrogen-bond acceptors (Lipinski definition) is 5. The Labute approximate surface area is 168 Å². The first-order valence-corrected chi connectivity index (χ1v) is 9.43. The van der Waals surface area contributed by atoms with Crippen LogP contribution in [-0.2, 0) is 20.7 Å². The molecule has 0 aliphatic rings.